The molecule has 4 fully saturated rings. The van der Waals surface area contributed by atoms with E-state index in [-0.39, 0.29) is 42.8 Å². The number of carbonyl (C=O) groups is 3. The number of hydrogen-bond donors (Lipinski definition) is 1. The Balaban J connectivity index is 1.17. The molecule has 5 rings (SSSR count). The van der Waals surface area contributed by atoms with Crippen LogP contribution >= 0.6 is 0 Å². The summed E-state index contributed by atoms with van der Waals surface area (Å²) < 4.78 is 5.43. The molecule has 3 amide bonds. The second-order valence-corrected chi connectivity index (χ2v) is 12.9. The van der Waals surface area contributed by atoms with Crippen molar-refractivity contribution >= 4 is 17.9 Å². The van der Waals surface area contributed by atoms with Crippen LogP contribution in [-0.2, 0) is 20.9 Å². The minimum Gasteiger partial charge on any atom is -0.445 e. The number of piperazine rings is 1. The molecular weight excluding hydrogens is 506 g/mol. The second-order valence-electron chi connectivity index (χ2n) is 12.9. The minimum absolute atomic E-state index is 0.0176. The number of piperidine rings is 1. The molecular formula is C32H47N3O5. The van der Waals surface area contributed by atoms with Gasteiger partial charge < -0.3 is 19.6 Å². The first-order chi connectivity index (χ1) is 19.3. The fourth-order valence-corrected chi connectivity index (χ4v) is 7.78. The van der Waals surface area contributed by atoms with Crippen molar-refractivity contribution in [2.75, 3.05) is 39.3 Å². The molecule has 2 aliphatic carbocycles. The Morgan fingerprint density at radius 1 is 0.975 bits per heavy atom. The molecule has 220 valence electrons. The van der Waals surface area contributed by atoms with Gasteiger partial charge in [0.05, 0.1) is 12.1 Å². The number of ether oxygens (including phenoxy) is 1. The average Bonchev–Trinajstić information content (AvgIpc) is 3.45. The topological polar surface area (TPSA) is 90.4 Å². The Bertz CT molecular complexity index is 1040. The molecule has 8 heteroatoms. The molecule has 0 aromatic heterocycles. The number of β-amino-alcohol motifs (C(OH)–C–C–N with tert-alkyl or cyclic N) is 1. The molecule has 2 atom stereocenters. The largest absolute Gasteiger partial charge is 0.445 e. The van der Waals surface area contributed by atoms with Gasteiger partial charge in [-0.25, -0.2) is 4.79 Å². The van der Waals surface area contributed by atoms with Gasteiger partial charge in [0.1, 0.15) is 13.2 Å². The number of benzene rings is 1. The lowest BCUT2D eigenvalue weighted by Gasteiger charge is -2.54. The maximum absolute atomic E-state index is 13.5. The van der Waals surface area contributed by atoms with Crippen LogP contribution in [0.5, 0.6) is 0 Å². The average molecular weight is 554 g/mol. The van der Waals surface area contributed by atoms with Gasteiger partial charge >= 0.3 is 6.09 Å². The predicted octanol–water partition coefficient (Wildman–Crippen LogP) is 4.60. The zero-order chi connectivity index (χ0) is 28.2. The third-order valence-electron chi connectivity index (χ3n) is 10.2. The number of carbonyl (C=O) groups excluding carboxylic acids is 3. The molecule has 8 nitrogen and oxygen atoms in total. The van der Waals surface area contributed by atoms with Crippen molar-refractivity contribution in [3.05, 3.63) is 35.9 Å². The van der Waals surface area contributed by atoms with Gasteiger partial charge in [-0.05, 0) is 37.2 Å². The summed E-state index contributed by atoms with van der Waals surface area (Å²) in [5.74, 6) is 0.751. The normalized spacial score (nSPS) is 26.2. The van der Waals surface area contributed by atoms with Crippen LogP contribution in [0.2, 0.25) is 0 Å². The maximum Gasteiger partial charge on any atom is 0.410 e. The number of nitrogens with zero attached hydrogens (tertiary/aromatic N) is 3. The van der Waals surface area contributed by atoms with E-state index in [4.69, 9.17) is 4.74 Å². The van der Waals surface area contributed by atoms with Crippen molar-refractivity contribution in [3.8, 4) is 0 Å². The number of aliphatic hydroxyl groups is 1. The highest BCUT2D eigenvalue weighted by molar-refractivity contribution is 5.83. The first-order valence-electron chi connectivity index (χ1n) is 15.5. The molecule has 2 aliphatic heterocycles. The third-order valence-corrected chi connectivity index (χ3v) is 10.2. The van der Waals surface area contributed by atoms with E-state index in [1.165, 1.54) is 37.0 Å². The van der Waals surface area contributed by atoms with Crippen molar-refractivity contribution < 1.29 is 24.2 Å². The zero-order valence-corrected chi connectivity index (χ0v) is 24.2. The number of rotatable bonds is 7. The van der Waals surface area contributed by atoms with Crippen LogP contribution in [0.15, 0.2) is 30.3 Å². The fourth-order valence-electron chi connectivity index (χ4n) is 7.78. The van der Waals surface area contributed by atoms with Gasteiger partial charge in [-0.15, -0.1) is 0 Å². The molecule has 1 aromatic rings. The molecule has 0 bridgehead atoms. The Morgan fingerprint density at radius 3 is 2.40 bits per heavy atom. The summed E-state index contributed by atoms with van der Waals surface area (Å²) >= 11 is 0. The zero-order valence-electron chi connectivity index (χ0n) is 24.2. The fraction of sp³-hybridized carbons (Fsp3) is 0.719. The van der Waals surface area contributed by atoms with E-state index in [2.05, 4.69) is 6.92 Å². The van der Waals surface area contributed by atoms with E-state index < -0.39 is 11.7 Å². The van der Waals surface area contributed by atoms with Gasteiger partial charge in [0, 0.05) is 37.5 Å². The standard InChI is InChI=1S/C32H47N3O5/c1-25(20-26-10-4-2-5-11-26)29(37)35-17-16-32(39,31(23-35)14-8-9-15-31)24-34-19-18-33(21-28(34)36)30(38)40-22-27-12-6-3-7-13-27/h3,6-7,12-13,25-26,39H,2,4-5,8-11,14-24H2,1H3. The van der Waals surface area contributed by atoms with E-state index in [1.54, 1.807) is 4.90 Å². The molecule has 1 N–H and O–H groups in total. The Kier molecular flexibility index (Phi) is 9.03. The molecule has 4 aliphatic rings. The predicted molar refractivity (Wildman–Crippen MR) is 152 cm³/mol. The number of amides is 3. The van der Waals surface area contributed by atoms with E-state index >= 15 is 0 Å². The van der Waals surface area contributed by atoms with E-state index in [0.717, 1.165) is 37.7 Å². The lowest BCUT2D eigenvalue weighted by molar-refractivity contribution is -0.171. The number of likely N-dealkylation sites (tertiary alicyclic amines) is 1. The molecule has 2 saturated heterocycles. The SMILES string of the molecule is CC(CC1CCCCC1)C(=O)N1CCC(O)(CN2CCN(C(=O)OCc3ccccc3)CC2=O)C2(CCCC2)C1. The molecule has 2 saturated carbocycles. The van der Waals surface area contributed by atoms with E-state index in [0.29, 0.717) is 38.5 Å². The quantitative estimate of drug-likeness (QED) is 0.533. The Hall–Kier alpha value is -2.61. The summed E-state index contributed by atoms with van der Waals surface area (Å²) in [6.07, 6.45) is 11.2. The highest BCUT2D eigenvalue weighted by Gasteiger charge is 2.56. The Morgan fingerprint density at radius 2 is 1.70 bits per heavy atom. The molecule has 40 heavy (non-hydrogen) atoms. The summed E-state index contributed by atoms with van der Waals surface area (Å²) in [5.41, 5.74) is -0.506. The maximum atomic E-state index is 13.5. The van der Waals surface area contributed by atoms with Crippen LogP contribution < -0.4 is 0 Å². The highest BCUT2D eigenvalue weighted by Crippen LogP contribution is 2.51. The molecule has 1 aromatic carbocycles. The van der Waals surface area contributed by atoms with Crippen LogP contribution in [0.25, 0.3) is 0 Å². The van der Waals surface area contributed by atoms with Gasteiger partial charge in [-0.2, -0.15) is 0 Å². The van der Waals surface area contributed by atoms with Crippen molar-refractivity contribution in [2.45, 2.75) is 89.8 Å². The minimum atomic E-state index is -1.03. The van der Waals surface area contributed by atoms with Crippen LogP contribution in [0.4, 0.5) is 4.79 Å². The molecule has 0 radical (unpaired) electrons. The number of hydrogen-bond acceptors (Lipinski definition) is 5. The lowest BCUT2D eigenvalue weighted by atomic mass is 9.65. The highest BCUT2D eigenvalue weighted by atomic mass is 16.6. The Labute approximate surface area is 239 Å². The summed E-state index contributed by atoms with van der Waals surface area (Å²) in [4.78, 5) is 44.5. The summed E-state index contributed by atoms with van der Waals surface area (Å²) in [5, 5.41) is 12.1. The summed E-state index contributed by atoms with van der Waals surface area (Å²) in [6, 6.07) is 9.49. The smallest absolute Gasteiger partial charge is 0.410 e. The van der Waals surface area contributed by atoms with Crippen LogP contribution in [0.3, 0.4) is 0 Å². The monoisotopic (exact) mass is 553 g/mol. The van der Waals surface area contributed by atoms with Crippen molar-refractivity contribution in [2.24, 2.45) is 17.3 Å². The van der Waals surface area contributed by atoms with Gasteiger partial charge in [0.25, 0.3) is 0 Å². The van der Waals surface area contributed by atoms with E-state index in [9.17, 15) is 19.5 Å². The van der Waals surface area contributed by atoms with Crippen LogP contribution in [0, 0.1) is 17.3 Å². The summed E-state index contributed by atoms with van der Waals surface area (Å²) in [6.45, 7) is 4.35. The van der Waals surface area contributed by atoms with Crippen LogP contribution in [-0.4, -0.2) is 82.6 Å². The van der Waals surface area contributed by atoms with Crippen molar-refractivity contribution in [1.82, 2.24) is 14.7 Å². The molecule has 1 spiro atoms. The molecule has 2 heterocycles. The van der Waals surface area contributed by atoms with Crippen molar-refractivity contribution in [1.29, 1.82) is 0 Å². The van der Waals surface area contributed by atoms with E-state index in [1.807, 2.05) is 35.2 Å². The first-order valence-corrected chi connectivity index (χ1v) is 15.5. The molecule has 2 unspecified atom stereocenters. The third kappa shape index (κ3) is 6.32. The lowest BCUT2D eigenvalue weighted by Crippen LogP contribution is -2.66. The van der Waals surface area contributed by atoms with Gasteiger partial charge in [-0.3, -0.25) is 14.5 Å². The van der Waals surface area contributed by atoms with Gasteiger partial charge in [-0.1, -0.05) is 82.2 Å². The van der Waals surface area contributed by atoms with Crippen molar-refractivity contribution in [3.63, 3.8) is 0 Å². The summed E-state index contributed by atoms with van der Waals surface area (Å²) in [7, 11) is 0. The van der Waals surface area contributed by atoms with Crippen LogP contribution in [0.1, 0.15) is 83.1 Å². The van der Waals surface area contributed by atoms with Gasteiger partial charge in [0.15, 0.2) is 0 Å². The van der Waals surface area contributed by atoms with Gasteiger partial charge in [0.2, 0.25) is 11.8 Å². The second kappa shape index (κ2) is 12.5. The first kappa shape index (κ1) is 28.9.